The Labute approximate surface area is 86.3 Å². The highest BCUT2D eigenvalue weighted by atomic mass is 16.5. The van der Waals surface area contributed by atoms with Gasteiger partial charge in [0.15, 0.2) is 5.78 Å². The molecule has 14 heavy (non-hydrogen) atoms. The summed E-state index contributed by atoms with van der Waals surface area (Å²) in [6.07, 6.45) is 7.20. The predicted molar refractivity (Wildman–Crippen MR) is 57.2 cm³/mol. The maximum absolute atomic E-state index is 11.6. The van der Waals surface area contributed by atoms with Crippen LogP contribution in [0.25, 0.3) is 0 Å². The quantitative estimate of drug-likeness (QED) is 0.632. The van der Waals surface area contributed by atoms with Gasteiger partial charge in [0.2, 0.25) is 0 Å². The zero-order chi connectivity index (χ0) is 10.4. The molecule has 80 valence electrons. The van der Waals surface area contributed by atoms with Crippen molar-refractivity contribution in [1.29, 1.82) is 0 Å². The van der Waals surface area contributed by atoms with E-state index in [0.29, 0.717) is 12.5 Å². The van der Waals surface area contributed by atoms with Crippen LogP contribution < -0.4 is 0 Å². The van der Waals surface area contributed by atoms with Crippen LogP contribution in [0.15, 0.2) is 12.7 Å². The first-order valence-electron chi connectivity index (χ1n) is 5.57. The van der Waals surface area contributed by atoms with Gasteiger partial charge in [0, 0.05) is 6.61 Å². The summed E-state index contributed by atoms with van der Waals surface area (Å²) >= 11 is 0. The average molecular weight is 196 g/mol. The summed E-state index contributed by atoms with van der Waals surface area (Å²) in [5.41, 5.74) is 0. The Morgan fingerprint density at radius 2 is 2.14 bits per heavy atom. The van der Waals surface area contributed by atoms with E-state index in [4.69, 9.17) is 4.74 Å². The lowest BCUT2D eigenvalue weighted by molar-refractivity contribution is -0.129. The summed E-state index contributed by atoms with van der Waals surface area (Å²) in [6, 6.07) is 0. The first-order valence-corrected chi connectivity index (χ1v) is 5.57. The molecule has 2 heteroatoms. The Kier molecular flexibility index (Phi) is 4.88. The number of carbonyl (C=O) groups is 1. The summed E-state index contributed by atoms with van der Waals surface area (Å²) in [7, 11) is 0. The standard InChI is InChI=1S/C12H20O2/c1-3-11(13)12(14-4-2)10-8-6-5-7-9-10/h3,10,12H,1,4-9H2,2H3. The molecule has 0 spiro atoms. The van der Waals surface area contributed by atoms with Gasteiger partial charge >= 0.3 is 0 Å². The Morgan fingerprint density at radius 1 is 1.50 bits per heavy atom. The van der Waals surface area contributed by atoms with Crippen LogP contribution >= 0.6 is 0 Å². The Bertz CT molecular complexity index is 192. The lowest BCUT2D eigenvalue weighted by atomic mass is 9.83. The molecule has 1 aliphatic rings. The second-order valence-electron chi connectivity index (χ2n) is 3.88. The van der Waals surface area contributed by atoms with Crippen LogP contribution in [0.2, 0.25) is 0 Å². The highest BCUT2D eigenvalue weighted by Crippen LogP contribution is 2.28. The molecule has 1 rings (SSSR count). The average Bonchev–Trinajstić information content (AvgIpc) is 2.26. The predicted octanol–water partition coefficient (Wildman–Crippen LogP) is 2.73. The van der Waals surface area contributed by atoms with E-state index in [1.807, 2.05) is 6.92 Å². The normalized spacial score (nSPS) is 20.4. The molecule has 0 aliphatic heterocycles. The van der Waals surface area contributed by atoms with Crippen molar-refractivity contribution in [2.45, 2.75) is 45.1 Å². The van der Waals surface area contributed by atoms with Gasteiger partial charge in [-0.25, -0.2) is 0 Å². The van der Waals surface area contributed by atoms with E-state index in [2.05, 4.69) is 6.58 Å². The lowest BCUT2D eigenvalue weighted by Crippen LogP contribution is -2.32. The van der Waals surface area contributed by atoms with E-state index in [9.17, 15) is 4.79 Å². The zero-order valence-electron chi connectivity index (χ0n) is 9.00. The molecule has 1 atom stereocenters. The van der Waals surface area contributed by atoms with Crippen LogP contribution in [0, 0.1) is 5.92 Å². The van der Waals surface area contributed by atoms with Gasteiger partial charge in [-0.3, -0.25) is 4.79 Å². The van der Waals surface area contributed by atoms with Crippen LogP contribution in [-0.4, -0.2) is 18.5 Å². The molecule has 0 bridgehead atoms. The van der Waals surface area contributed by atoms with Crippen molar-refractivity contribution in [3.63, 3.8) is 0 Å². The summed E-state index contributed by atoms with van der Waals surface area (Å²) in [6.45, 7) is 6.08. The molecule has 1 saturated carbocycles. The third-order valence-electron chi connectivity index (χ3n) is 2.91. The maximum Gasteiger partial charge on any atom is 0.184 e. The molecule has 1 aliphatic carbocycles. The topological polar surface area (TPSA) is 26.3 Å². The van der Waals surface area contributed by atoms with Gasteiger partial charge in [0.1, 0.15) is 6.10 Å². The second kappa shape index (κ2) is 5.97. The molecule has 0 amide bonds. The van der Waals surface area contributed by atoms with Crippen molar-refractivity contribution in [3.05, 3.63) is 12.7 Å². The highest BCUT2D eigenvalue weighted by molar-refractivity contribution is 5.93. The van der Waals surface area contributed by atoms with E-state index < -0.39 is 0 Å². The van der Waals surface area contributed by atoms with Crippen LogP contribution in [0.5, 0.6) is 0 Å². The molecule has 0 aromatic rings. The van der Waals surface area contributed by atoms with E-state index >= 15 is 0 Å². The van der Waals surface area contributed by atoms with Gasteiger partial charge in [-0.1, -0.05) is 25.8 Å². The van der Waals surface area contributed by atoms with Gasteiger partial charge in [-0.05, 0) is 31.8 Å². The fourth-order valence-corrected chi connectivity index (χ4v) is 2.18. The van der Waals surface area contributed by atoms with Crippen molar-refractivity contribution in [1.82, 2.24) is 0 Å². The number of rotatable bonds is 5. The Balaban J connectivity index is 2.55. The first kappa shape index (κ1) is 11.4. The van der Waals surface area contributed by atoms with Gasteiger partial charge in [0.05, 0.1) is 0 Å². The van der Waals surface area contributed by atoms with Crippen molar-refractivity contribution in [2.24, 2.45) is 5.92 Å². The van der Waals surface area contributed by atoms with Crippen LogP contribution in [0.4, 0.5) is 0 Å². The summed E-state index contributed by atoms with van der Waals surface area (Å²) in [5, 5.41) is 0. The number of ketones is 1. The lowest BCUT2D eigenvalue weighted by Gasteiger charge is -2.28. The third-order valence-corrected chi connectivity index (χ3v) is 2.91. The first-order chi connectivity index (χ1) is 6.79. The van der Waals surface area contributed by atoms with Gasteiger partial charge < -0.3 is 4.74 Å². The molecule has 0 radical (unpaired) electrons. The zero-order valence-corrected chi connectivity index (χ0v) is 9.00. The molecule has 0 aromatic carbocycles. The number of hydrogen-bond donors (Lipinski definition) is 0. The molecule has 0 aromatic heterocycles. The molecule has 1 fully saturated rings. The van der Waals surface area contributed by atoms with E-state index in [0.717, 1.165) is 12.8 Å². The minimum atomic E-state index is -0.224. The molecule has 0 N–H and O–H groups in total. The molecule has 2 nitrogen and oxygen atoms in total. The maximum atomic E-state index is 11.6. The smallest absolute Gasteiger partial charge is 0.184 e. The fourth-order valence-electron chi connectivity index (χ4n) is 2.18. The van der Waals surface area contributed by atoms with E-state index in [1.165, 1.54) is 25.3 Å². The van der Waals surface area contributed by atoms with Crippen LogP contribution in [-0.2, 0) is 9.53 Å². The summed E-state index contributed by atoms with van der Waals surface area (Å²) in [5.74, 6) is 0.480. The monoisotopic (exact) mass is 196 g/mol. The van der Waals surface area contributed by atoms with Crippen molar-refractivity contribution >= 4 is 5.78 Å². The number of carbonyl (C=O) groups excluding carboxylic acids is 1. The molecule has 0 saturated heterocycles. The largest absolute Gasteiger partial charge is 0.370 e. The van der Waals surface area contributed by atoms with Crippen molar-refractivity contribution in [3.8, 4) is 0 Å². The summed E-state index contributed by atoms with van der Waals surface area (Å²) in [4.78, 5) is 11.6. The van der Waals surface area contributed by atoms with Crippen LogP contribution in [0.1, 0.15) is 39.0 Å². The minimum absolute atomic E-state index is 0.0544. The molecular weight excluding hydrogens is 176 g/mol. The Morgan fingerprint density at radius 3 is 2.64 bits per heavy atom. The van der Waals surface area contributed by atoms with Gasteiger partial charge in [-0.2, -0.15) is 0 Å². The number of ether oxygens (including phenoxy) is 1. The van der Waals surface area contributed by atoms with Crippen molar-refractivity contribution in [2.75, 3.05) is 6.61 Å². The SMILES string of the molecule is C=CC(=O)C(OCC)C1CCCCC1. The van der Waals surface area contributed by atoms with Crippen molar-refractivity contribution < 1.29 is 9.53 Å². The highest BCUT2D eigenvalue weighted by Gasteiger charge is 2.27. The minimum Gasteiger partial charge on any atom is -0.370 e. The number of hydrogen-bond acceptors (Lipinski definition) is 2. The van der Waals surface area contributed by atoms with E-state index in [-0.39, 0.29) is 11.9 Å². The van der Waals surface area contributed by atoms with Gasteiger partial charge in [-0.15, -0.1) is 0 Å². The fraction of sp³-hybridized carbons (Fsp3) is 0.750. The third kappa shape index (κ3) is 2.95. The molecule has 0 heterocycles. The Hall–Kier alpha value is -0.630. The second-order valence-corrected chi connectivity index (χ2v) is 3.88. The van der Waals surface area contributed by atoms with E-state index in [1.54, 1.807) is 0 Å². The van der Waals surface area contributed by atoms with Gasteiger partial charge in [0.25, 0.3) is 0 Å². The molecular formula is C12H20O2. The van der Waals surface area contributed by atoms with Crippen LogP contribution in [0.3, 0.4) is 0 Å². The molecule has 1 unspecified atom stereocenters. The summed E-state index contributed by atoms with van der Waals surface area (Å²) < 4.78 is 5.51.